The highest BCUT2D eigenvalue weighted by molar-refractivity contribution is 7.99. The second-order valence-corrected chi connectivity index (χ2v) is 8.06. The van der Waals surface area contributed by atoms with Crippen LogP contribution in [-0.4, -0.2) is 34.0 Å². The van der Waals surface area contributed by atoms with Gasteiger partial charge in [0, 0.05) is 17.7 Å². The zero-order chi connectivity index (χ0) is 14.0. The van der Waals surface area contributed by atoms with Gasteiger partial charge in [-0.25, -0.2) is 8.42 Å². The first kappa shape index (κ1) is 15.2. The molecule has 0 amide bonds. The molecule has 1 aromatic rings. The molecular weight excluding hydrogens is 302 g/mol. The molecule has 0 aliphatic carbocycles. The molecule has 1 aliphatic heterocycles. The highest BCUT2D eigenvalue weighted by Gasteiger charge is 2.22. The van der Waals surface area contributed by atoms with Gasteiger partial charge in [-0.15, -0.1) is 11.8 Å². The van der Waals surface area contributed by atoms with Gasteiger partial charge in [0.05, 0.1) is 9.92 Å². The van der Waals surface area contributed by atoms with E-state index in [2.05, 4.69) is 5.32 Å². The van der Waals surface area contributed by atoms with E-state index in [0.717, 1.165) is 31.5 Å². The average molecular weight is 320 g/mol. The largest absolute Gasteiger partial charge is 0.316 e. The zero-order valence-electron chi connectivity index (χ0n) is 11.1. The predicted molar refractivity (Wildman–Crippen MR) is 81.2 cm³/mol. The third-order valence-corrected chi connectivity index (χ3v) is 5.91. The zero-order valence-corrected chi connectivity index (χ0v) is 13.5. The highest BCUT2D eigenvalue weighted by Crippen LogP contribution is 2.36. The Morgan fingerprint density at radius 2 is 2.16 bits per heavy atom. The summed E-state index contributed by atoms with van der Waals surface area (Å²) in [5.74, 6) is 0.350. The average Bonchev–Trinajstić information content (AvgIpc) is 2.37. The van der Waals surface area contributed by atoms with E-state index in [0.29, 0.717) is 20.7 Å². The van der Waals surface area contributed by atoms with Gasteiger partial charge in [0.2, 0.25) is 0 Å². The van der Waals surface area contributed by atoms with Crippen molar-refractivity contribution in [2.24, 2.45) is 0 Å². The van der Waals surface area contributed by atoms with E-state index in [-0.39, 0.29) is 0 Å². The van der Waals surface area contributed by atoms with Gasteiger partial charge >= 0.3 is 0 Å². The predicted octanol–water partition coefficient (Wildman–Crippen LogP) is 2.93. The SMILES string of the molecule is CSc1c(Cl)cc(C2CCCNC2)cc1S(C)(=O)=O. The number of nitrogens with one attached hydrogen (secondary N) is 1. The first-order chi connectivity index (χ1) is 8.93. The van der Waals surface area contributed by atoms with Crippen molar-refractivity contribution in [3.05, 3.63) is 22.7 Å². The molecule has 1 atom stereocenters. The summed E-state index contributed by atoms with van der Waals surface area (Å²) in [5.41, 5.74) is 1.02. The molecule has 0 spiro atoms. The van der Waals surface area contributed by atoms with Gasteiger partial charge < -0.3 is 5.32 Å². The molecule has 0 saturated carbocycles. The molecule has 19 heavy (non-hydrogen) atoms. The van der Waals surface area contributed by atoms with Crippen molar-refractivity contribution in [3.8, 4) is 0 Å². The molecule has 0 radical (unpaired) electrons. The fourth-order valence-corrected chi connectivity index (χ4v) is 4.96. The van der Waals surface area contributed by atoms with Crippen LogP contribution in [-0.2, 0) is 9.84 Å². The molecule has 0 aromatic heterocycles. The fourth-order valence-electron chi connectivity index (χ4n) is 2.43. The normalized spacial score (nSPS) is 20.5. The molecule has 6 heteroatoms. The Labute approximate surface area is 124 Å². The van der Waals surface area contributed by atoms with Crippen molar-refractivity contribution in [2.45, 2.75) is 28.6 Å². The minimum Gasteiger partial charge on any atom is -0.316 e. The number of thioether (sulfide) groups is 1. The Hall–Kier alpha value is -0.230. The van der Waals surface area contributed by atoms with Crippen molar-refractivity contribution in [1.82, 2.24) is 5.32 Å². The summed E-state index contributed by atoms with van der Waals surface area (Å²) in [6.07, 6.45) is 5.27. The van der Waals surface area contributed by atoms with E-state index in [1.807, 2.05) is 12.3 Å². The van der Waals surface area contributed by atoms with Crippen LogP contribution in [0.25, 0.3) is 0 Å². The van der Waals surface area contributed by atoms with Gasteiger partial charge in [0.1, 0.15) is 0 Å². The van der Waals surface area contributed by atoms with Crippen LogP contribution in [0.1, 0.15) is 24.3 Å². The summed E-state index contributed by atoms with van der Waals surface area (Å²) in [4.78, 5) is 1.00. The van der Waals surface area contributed by atoms with Crippen LogP contribution in [0.5, 0.6) is 0 Å². The molecule has 0 bridgehead atoms. The van der Waals surface area contributed by atoms with Gasteiger partial charge in [-0.2, -0.15) is 0 Å². The Bertz CT molecular complexity index is 566. The second-order valence-electron chi connectivity index (χ2n) is 4.85. The minimum atomic E-state index is -3.25. The van der Waals surface area contributed by atoms with Crippen molar-refractivity contribution in [1.29, 1.82) is 0 Å². The van der Waals surface area contributed by atoms with Crippen LogP contribution >= 0.6 is 23.4 Å². The third-order valence-electron chi connectivity index (χ3n) is 3.40. The van der Waals surface area contributed by atoms with Crippen molar-refractivity contribution in [3.63, 3.8) is 0 Å². The summed E-state index contributed by atoms with van der Waals surface area (Å²) in [6.45, 7) is 1.92. The summed E-state index contributed by atoms with van der Waals surface area (Å²) in [5, 5.41) is 3.88. The van der Waals surface area contributed by atoms with Crippen LogP contribution in [0.15, 0.2) is 21.9 Å². The van der Waals surface area contributed by atoms with Gasteiger partial charge in [-0.3, -0.25) is 0 Å². The van der Waals surface area contributed by atoms with Crippen LogP contribution in [0, 0.1) is 0 Å². The maximum absolute atomic E-state index is 11.9. The van der Waals surface area contributed by atoms with Crippen LogP contribution in [0.2, 0.25) is 5.02 Å². The topological polar surface area (TPSA) is 46.2 Å². The van der Waals surface area contributed by atoms with Crippen LogP contribution in [0.4, 0.5) is 0 Å². The number of piperidine rings is 1. The Morgan fingerprint density at radius 3 is 2.68 bits per heavy atom. The van der Waals surface area contributed by atoms with Gasteiger partial charge in [0.25, 0.3) is 0 Å². The molecule has 1 aliphatic rings. The molecule has 3 nitrogen and oxygen atoms in total. The van der Waals surface area contributed by atoms with E-state index >= 15 is 0 Å². The Balaban J connectivity index is 2.50. The fraction of sp³-hybridized carbons (Fsp3) is 0.538. The third kappa shape index (κ3) is 3.45. The Morgan fingerprint density at radius 1 is 1.42 bits per heavy atom. The number of halogens is 1. The molecule has 1 saturated heterocycles. The van der Waals surface area contributed by atoms with Crippen molar-refractivity contribution >= 4 is 33.2 Å². The Kier molecular flexibility index (Phi) is 4.82. The summed E-state index contributed by atoms with van der Waals surface area (Å²) < 4.78 is 23.8. The lowest BCUT2D eigenvalue weighted by atomic mass is 9.92. The quantitative estimate of drug-likeness (QED) is 0.870. The number of benzene rings is 1. The maximum atomic E-state index is 11.9. The number of rotatable bonds is 3. The number of hydrogen-bond donors (Lipinski definition) is 1. The van der Waals surface area contributed by atoms with Gasteiger partial charge in [0.15, 0.2) is 9.84 Å². The molecule has 106 valence electrons. The van der Waals surface area contributed by atoms with Crippen molar-refractivity contribution in [2.75, 3.05) is 25.6 Å². The molecule has 1 N–H and O–H groups in total. The molecule has 1 fully saturated rings. The molecule has 2 rings (SSSR count). The lowest BCUT2D eigenvalue weighted by Crippen LogP contribution is -2.28. The van der Waals surface area contributed by atoms with E-state index < -0.39 is 9.84 Å². The lowest BCUT2D eigenvalue weighted by Gasteiger charge is -2.24. The van der Waals surface area contributed by atoms with E-state index in [1.54, 1.807) is 6.07 Å². The maximum Gasteiger partial charge on any atom is 0.176 e. The molecule has 1 aromatic carbocycles. The number of sulfone groups is 1. The number of hydrogen-bond acceptors (Lipinski definition) is 4. The first-order valence-electron chi connectivity index (χ1n) is 6.21. The smallest absolute Gasteiger partial charge is 0.176 e. The van der Waals surface area contributed by atoms with Gasteiger partial charge in [-0.05, 0) is 49.3 Å². The molecule has 1 heterocycles. The summed E-state index contributed by atoms with van der Waals surface area (Å²) in [7, 11) is -3.25. The monoisotopic (exact) mass is 319 g/mol. The summed E-state index contributed by atoms with van der Waals surface area (Å²) >= 11 is 7.63. The second kappa shape index (κ2) is 6.04. The van der Waals surface area contributed by atoms with Crippen LogP contribution < -0.4 is 5.32 Å². The highest BCUT2D eigenvalue weighted by atomic mass is 35.5. The first-order valence-corrected chi connectivity index (χ1v) is 9.71. The lowest BCUT2D eigenvalue weighted by molar-refractivity contribution is 0.461. The standard InChI is InChI=1S/C13H18ClNO2S2/c1-18-13-11(14)6-10(7-12(13)19(2,16)17)9-4-3-5-15-8-9/h6-7,9,15H,3-5,8H2,1-2H3. The van der Waals surface area contributed by atoms with Gasteiger partial charge in [-0.1, -0.05) is 11.6 Å². The van der Waals surface area contributed by atoms with E-state index in [9.17, 15) is 8.42 Å². The van der Waals surface area contributed by atoms with Crippen molar-refractivity contribution < 1.29 is 8.42 Å². The van der Waals surface area contributed by atoms with E-state index in [1.165, 1.54) is 18.0 Å². The van der Waals surface area contributed by atoms with Crippen LogP contribution in [0.3, 0.4) is 0 Å². The minimum absolute atomic E-state index is 0.350. The van der Waals surface area contributed by atoms with E-state index in [4.69, 9.17) is 11.6 Å². The molecular formula is C13H18ClNO2S2. The summed E-state index contributed by atoms with van der Waals surface area (Å²) in [6, 6.07) is 3.71. The molecule has 1 unspecified atom stereocenters.